The molecule has 1 aromatic rings. The number of hydrogen-bond donors (Lipinski definition) is 1. The van der Waals surface area contributed by atoms with E-state index >= 15 is 0 Å². The lowest BCUT2D eigenvalue weighted by Gasteiger charge is -2.16. The van der Waals surface area contributed by atoms with E-state index in [1.807, 2.05) is 7.05 Å². The molecule has 1 fully saturated rings. The maximum Gasteiger partial charge on any atom is 0.416 e. The van der Waals surface area contributed by atoms with Crippen LogP contribution in [-0.4, -0.2) is 43.2 Å². The average Bonchev–Trinajstić information content (AvgIpc) is 2.93. The Balaban J connectivity index is 0.00000264. The van der Waals surface area contributed by atoms with Crippen LogP contribution in [0, 0.1) is 5.92 Å². The van der Waals surface area contributed by atoms with Crippen molar-refractivity contribution in [3.8, 4) is 0 Å². The zero-order chi connectivity index (χ0) is 16.2. The van der Waals surface area contributed by atoms with Crippen molar-refractivity contribution in [1.29, 1.82) is 0 Å². The molecule has 23 heavy (non-hydrogen) atoms. The van der Waals surface area contributed by atoms with E-state index in [4.69, 9.17) is 0 Å². The van der Waals surface area contributed by atoms with E-state index in [1.165, 1.54) is 6.07 Å². The molecule has 2 rings (SSSR count). The first-order valence-electron chi connectivity index (χ1n) is 7.12. The number of thioether (sulfide) groups is 1. The summed E-state index contributed by atoms with van der Waals surface area (Å²) in [6.45, 7) is 2.34. The van der Waals surface area contributed by atoms with E-state index in [1.54, 1.807) is 11.0 Å². The van der Waals surface area contributed by atoms with Crippen LogP contribution in [0.25, 0.3) is 0 Å². The fourth-order valence-electron chi connectivity index (χ4n) is 2.51. The fourth-order valence-corrected chi connectivity index (χ4v) is 3.37. The lowest BCUT2D eigenvalue weighted by atomic mass is 10.1. The number of amides is 1. The van der Waals surface area contributed by atoms with Crippen LogP contribution in [0.15, 0.2) is 29.2 Å². The lowest BCUT2D eigenvalue weighted by molar-refractivity contribution is -0.137. The predicted octanol–water partition coefficient (Wildman–Crippen LogP) is 3.29. The quantitative estimate of drug-likeness (QED) is 0.809. The van der Waals surface area contributed by atoms with Crippen LogP contribution in [0.3, 0.4) is 0 Å². The van der Waals surface area contributed by atoms with Crippen molar-refractivity contribution in [3.63, 3.8) is 0 Å². The first-order valence-corrected chi connectivity index (χ1v) is 8.11. The van der Waals surface area contributed by atoms with E-state index in [0.29, 0.717) is 10.8 Å². The lowest BCUT2D eigenvalue weighted by Crippen LogP contribution is -2.31. The largest absolute Gasteiger partial charge is 0.416 e. The highest BCUT2D eigenvalue weighted by atomic mass is 35.5. The number of rotatable bonds is 5. The van der Waals surface area contributed by atoms with Crippen LogP contribution in [-0.2, 0) is 11.0 Å². The predicted molar refractivity (Wildman–Crippen MR) is 88.0 cm³/mol. The van der Waals surface area contributed by atoms with Crippen molar-refractivity contribution in [2.75, 3.05) is 32.4 Å². The summed E-state index contributed by atoms with van der Waals surface area (Å²) in [5.74, 6) is 0.627. The molecule has 130 valence electrons. The molecule has 0 saturated carbocycles. The summed E-state index contributed by atoms with van der Waals surface area (Å²) in [5.41, 5.74) is -0.680. The van der Waals surface area contributed by atoms with Crippen LogP contribution in [0.5, 0.6) is 0 Å². The Labute approximate surface area is 144 Å². The zero-order valence-electron chi connectivity index (χ0n) is 12.7. The number of hydrogen-bond acceptors (Lipinski definition) is 3. The van der Waals surface area contributed by atoms with Crippen LogP contribution in [0.4, 0.5) is 13.2 Å². The SMILES string of the molecule is CNCC1CCN(C(=O)CSc2cccc(C(F)(F)F)c2)C1.Cl. The molecule has 0 radical (unpaired) electrons. The second-order valence-electron chi connectivity index (χ2n) is 5.37. The van der Waals surface area contributed by atoms with Crippen LogP contribution >= 0.6 is 24.2 Å². The Hall–Kier alpha value is -0.920. The highest BCUT2D eigenvalue weighted by Crippen LogP contribution is 2.32. The van der Waals surface area contributed by atoms with Crippen molar-refractivity contribution < 1.29 is 18.0 Å². The van der Waals surface area contributed by atoms with Gasteiger partial charge in [-0.1, -0.05) is 6.07 Å². The molecule has 1 amide bonds. The second kappa shape index (κ2) is 8.80. The molecule has 1 saturated heterocycles. The number of benzene rings is 1. The summed E-state index contributed by atoms with van der Waals surface area (Å²) in [5, 5.41) is 3.10. The van der Waals surface area contributed by atoms with Crippen molar-refractivity contribution in [1.82, 2.24) is 10.2 Å². The van der Waals surface area contributed by atoms with Gasteiger partial charge in [0, 0.05) is 18.0 Å². The number of nitrogens with one attached hydrogen (secondary N) is 1. The Kier molecular flexibility index (Phi) is 7.70. The maximum atomic E-state index is 12.6. The van der Waals surface area contributed by atoms with Crippen LogP contribution in [0.1, 0.15) is 12.0 Å². The Morgan fingerprint density at radius 2 is 2.17 bits per heavy atom. The molecule has 0 spiro atoms. The summed E-state index contributed by atoms with van der Waals surface area (Å²) in [6.07, 6.45) is -3.38. The molecule has 1 atom stereocenters. The van der Waals surface area contributed by atoms with Gasteiger partial charge in [-0.05, 0) is 44.1 Å². The van der Waals surface area contributed by atoms with Gasteiger partial charge in [0.1, 0.15) is 0 Å². The monoisotopic (exact) mass is 368 g/mol. The third kappa shape index (κ3) is 5.90. The van der Waals surface area contributed by atoms with Gasteiger partial charge in [0.25, 0.3) is 0 Å². The molecular weight excluding hydrogens is 349 g/mol. The molecule has 0 aromatic heterocycles. The zero-order valence-corrected chi connectivity index (χ0v) is 14.4. The summed E-state index contributed by atoms with van der Waals surface area (Å²) in [6, 6.07) is 5.09. The molecule has 3 nitrogen and oxygen atoms in total. The summed E-state index contributed by atoms with van der Waals surface area (Å²) in [4.78, 5) is 14.4. The van der Waals surface area contributed by atoms with Gasteiger partial charge in [-0.3, -0.25) is 4.79 Å². The first-order chi connectivity index (χ1) is 10.4. The minimum absolute atomic E-state index is 0. The summed E-state index contributed by atoms with van der Waals surface area (Å²) in [7, 11) is 1.88. The van der Waals surface area contributed by atoms with Crippen LogP contribution < -0.4 is 5.32 Å². The van der Waals surface area contributed by atoms with Gasteiger partial charge in [0.15, 0.2) is 0 Å². The Bertz CT molecular complexity index is 528. The van der Waals surface area contributed by atoms with Gasteiger partial charge in [-0.15, -0.1) is 24.2 Å². The Morgan fingerprint density at radius 1 is 1.43 bits per heavy atom. The van der Waals surface area contributed by atoms with Gasteiger partial charge in [-0.2, -0.15) is 13.2 Å². The van der Waals surface area contributed by atoms with Crippen molar-refractivity contribution in [2.24, 2.45) is 5.92 Å². The number of halogens is 4. The minimum atomic E-state index is -4.35. The molecular formula is C15H20ClF3N2OS. The van der Waals surface area contributed by atoms with Crippen LogP contribution in [0.2, 0.25) is 0 Å². The minimum Gasteiger partial charge on any atom is -0.342 e. The van der Waals surface area contributed by atoms with E-state index < -0.39 is 11.7 Å². The van der Waals surface area contributed by atoms with E-state index in [9.17, 15) is 18.0 Å². The molecule has 1 aromatic carbocycles. The molecule has 1 aliphatic heterocycles. The average molecular weight is 369 g/mol. The number of alkyl halides is 3. The third-order valence-corrected chi connectivity index (χ3v) is 4.63. The van der Waals surface area contributed by atoms with Crippen molar-refractivity contribution in [2.45, 2.75) is 17.5 Å². The topological polar surface area (TPSA) is 32.3 Å². The molecule has 1 unspecified atom stereocenters. The third-order valence-electron chi connectivity index (χ3n) is 3.66. The van der Waals surface area contributed by atoms with Crippen molar-refractivity contribution in [3.05, 3.63) is 29.8 Å². The summed E-state index contributed by atoms with van der Waals surface area (Å²) >= 11 is 1.15. The van der Waals surface area contributed by atoms with E-state index in [0.717, 1.165) is 49.9 Å². The second-order valence-corrected chi connectivity index (χ2v) is 6.42. The molecule has 0 bridgehead atoms. The number of carbonyl (C=O) groups is 1. The standard InChI is InChI=1S/C15H19F3N2OS.ClH/c1-19-8-11-5-6-20(9-11)14(21)10-22-13-4-2-3-12(7-13)15(16,17)18;/h2-4,7,11,19H,5-6,8-10H2,1H3;1H. The van der Waals surface area contributed by atoms with Crippen molar-refractivity contribution >= 4 is 30.1 Å². The number of likely N-dealkylation sites (tertiary alicyclic amines) is 1. The number of nitrogens with zero attached hydrogens (tertiary/aromatic N) is 1. The highest BCUT2D eigenvalue weighted by Gasteiger charge is 2.30. The molecule has 0 aliphatic carbocycles. The first kappa shape index (κ1) is 20.1. The summed E-state index contributed by atoms with van der Waals surface area (Å²) < 4.78 is 37.9. The Morgan fingerprint density at radius 3 is 2.83 bits per heavy atom. The van der Waals surface area contributed by atoms with Gasteiger partial charge in [0.05, 0.1) is 11.3 Å². The van der Waals surface area contributed by atoms with E-state index in [2.05, 4.69) is 5.32 Å². The molecule has 1 N–H and O–H groups in total. The molecule has 1 heterocycles. The van der Waals surface area contributed by atoms with Gasteiger partial charge in [0.2, 0.25) is 5.91 Å². The normalized spacial score (nSPS) is 17.9. The highest BCUT2D eigenvalue weighted by molar-refractivity contribution is 8.00. The van der Waals surface area contributed by atoms with Gasteiger partial charge < -0.3 is 10.2 Å². The van der Waals surface area contributed by atoms with Gasteiger partial charge in [-0.25, -0.2) is 0 Å². The number of carbonyl (C=O) groups excluding carboxylic acids is 1. The fraction of sp³-hybridized carbons (Fsp3) is 0.533. The van der Waals surface area contributed by atoms with Gasteiger partial charge >= 0.3 is 6.18 Å². The molecule has 8 heteroatoms. The smallest absolute Gasteiger partial charge is 0.342 e. The maximum absolute atomic E-state index is 12.6. The molecule has 1 aliphatic rings. The van der Waals surface area contributed by atoms with E-state index in [-0.39, 0.29) is 24.1 Å².